The Kier molecular flexibility index (Phi) is 4.11. The van der Waals surface area contributed by atoms with Crippen molar-refractivity contribution in [3.8, 4) is 0 Å². The second kappa shape index (κ2) is 5.96. The molecule has 2 aliphatic rings. The Morgan fingerprint density at radius 2 is 1.67 bits per heavy atom. The quantitative estimate of drug-likeness (QED) is 0.614. The molecule has 0 N–H and O–H groups in total. The highest BCUT2D eigenvalue weighted by Crippen LogP contribution is 2.35. The van der Waals surface area contributed by atoms with Crippen LogP contribution in [0.15, 0.2) is 24.3 Å². The first kappa shape index (κ1) is 16.5. The number of hydrogen-bond acceptors (Lipinski definition) is 5. The van der Waals surface area contributed by atoms with E-state index < -0.39 is 5.60 Å². The van der Waals surface area contributed by atoms with E-state index in [0.29, 0.717) is 24.9 Å². The number of likely N-dealkylation sites (tertiary alicyclic amines) is 1. The van der Waals surface area contributed by atoms with E-state index in [4.69, 9.17) is 4.74 Å². The molecule has 2 saturated heterocycles. The minimum Gasteiger partial charge on any atom is -0.444 e. The van der Waals surface area contributed by atoms with E-state index in [1.807, 2.05) is 20.8 Å². The predicted molar refractivity (Wildman–Crippen MR) is 90.1 cm³/mol. The molecule has 0 radical (unpaired) electrons. The van der Waals surface area contributed by atoms with Crippen molar-refractivity contribution in [3.05, 3.63) is 34.4 Å². The van der Waals surface area contributed by atoms with Gasteiger partial charge in [-0.25, -0.2) is 4.79 Å². The van der Waals surface area contributed by atoms with Crippen LogP contribution in [0.2, 0.25) is 0 Å². The summed E-state index contributed by atoms with van der Waals surface area (Å²) in [7, 11) is 0. The standard InChI is InChI=1S/C17H23N3O4/c1-17(2,3)24-16(21)19-10-12-8-18(9-13(12)11-19)14-4-6-15(7-5-14)20(22)23/h4-7,12-13H,8-11H2,1-3H3/t12-,13-/m0/s1. The van der Waals surface area contributed by atoms with Crippen LogP contribution >= 0.6 is 0 Å². The molecule has 1 amide bonds. The van der Waals surface area contributed by atoms with Gasteiger partial charge in [-0.3, -0.25) is 10.1 Å². The number of carbonyl (C=O) groups is 1. The number of nitro benzene ring substituents is 1. The van der Waals surface area contributed by atoms with Gasteiger partial charge in [-0.15, -0.1) is 0 Å². The Hall–Kier alpha value is -2.31. The number of hydrogen-bond donors (Lipinski definition) is 0. The highest BCUT2D eigenvalue weighted by molar-refractivity contribution is 5.68. The number of benzene rings is 1. The van der Waals surface area contributed by atoms with Crippen LogP contribution in [0.25, 0.3) is 0 Å². The molecule has 7 heteroatoms. The zero-order valence-corrected chi connectivity index (χ0v) is 14.3. The number of fused-ring (bicyclic) bond motifs is 1. The molecule has 2 fully saturated rings. The first-order valence-corrected chi connectivity index (χ1v) is 8.20. The molecule has 1 aromatic carbocycles. The van der Waals surface area contributed by atoms with Gasteiger partial charge in [-0.1, -0.05) is 0 Å². The summed E-state index contributed by atoms with van der Waals surface area (Å²) in [6.07, 6.45) is -0.237. The maximum absolute atomic E-state index is 12.2. The van der Waals surface area contributed by atoms with Crippen molar-refractivity contribution in [2.75, 3.05) is 31.1 Å². The molecule has 0 unspecified atom stereocenters. The van der Waals surface area contributed by atoms with E-state index in [2.05, 4.69) is 4.90 Å². The van der Waals surface area contributed by atoms with Gasteiger partial charge in [0.2, 0.25) is 0 Å². The van der Waals surface area contributed by atoms with Crippen molar-refractivity contribution >= 4 is 17.5 Å². The number of rotatable bonds is 2. The van der Waals surface area contributed by atoms with Crippen LogP contribution in [0.4, 0.5) is 16.2 Å². The van der Waals surface area contributed by atoms with Gasteiger partial charge in [0.05, 0.1) is 4.92 Å². The number of nitrogens with zero attached hydrogens (tertiary/aromatic N) is 3. The maximum atomic E-state index is 12.2. The van der Waals surface area contributed by atoms with Gasteiger partial charge in [-0.05, 0) is 32.9 Å². The molecule has 0 saturated carbocycles. The summed E-state index contributed by atoms with van der Waals surface area (Å²) in [5, 5.41) is 10.7. The average molecular weight is 333 g/mol. The highest BCUT2D eigenvalue weighted by Gasteiger charge is 2.42. The number of amides is 1. The van der Waals surface area contributed by atoms with Crippen molar-refractivity contribution < 1.29 is 14.5 Å². The molecule has 2 atom stereocenters. The molecule has 0 aromatic heterocycles. The van der Waals surface area contributed by atoms with Crippen LogP contribution in [0.5, 0.6) is 0 Å². The monoisotopic (exact) mass is 333 g/mol. The van der Waals surface area contributed by atoms with Crippen LogP contribution in [0, 0.1) is 22.0 Å². The minimum atomic E-state index is -0.473. The average Bonchev–Trinajstić information content (AvgIpc) is 3.04. The summed E-state index contributed by atoms with van der Waals surface area (Å²) < 4.78 is 5.44. The van der Waals surface area contributed by atoms with Crippen molar-refractivity contribution in [1.82, 2.24) is 4.90 Å². The summed E-state index contributed by atoms with van der Waals surface area (Å²) in [5.41, 5.74) is 0.632. The second-order valence-corrected chi connectivity index (χ2v) is 7.58. The SMILES string of the molecule is CC(C)(C)OC(=O)N1C[C@@H]2CN(c3ccc([N+](=O)[O-])cc3)C[C@H]2C1. The normalized spacial score (nSPS) is 23.3. The van der Waals surface area contributed by atoms with E-state index in [-0.39, 0.29) is 16.7 Å². The van der Waals surface area contributed by atoms with Crippen molar-refractivity contribution in [1.29, 1.82) is 0 Å². The highest BCUT2D eigenvalue weighted by atomic mass is 16.6. The van der Waals surface area contributed by atoms with E-state index in [0.717, 1.165) is 18.8 Å². The Bertz CT molecular complexity index is 624. The lowest BCUT2D eigenvalue weighted by atomic mass is 10.0. The first-order chi connectivity index (χ1) is 11.2. The molecular formula is C17H23N3O4. The number of carbonyl (C=O) groups excluding carboxylic acids is 1. The van der Waals surface area contributed by atoms with Crippen molar-refractivity contribution in [2.45, 2.75) is 26.4 Å². The topological polar surface area (TPSA) is 75.9 Å². The molecule has 0 aliphatic carbocycles. The summed E-state index contributed by atoms with van der Waals surface area (Å²) >= 11 is 0. The molecule has 3 rings (SSSR count). The van der Waals surface area contributed by atoms with Gasteiger partial charge >= 0.3 is 6.09 Å². The number of anilines is 1. The van der Waals surface area contributed by atoms with E-state index in [9.17, 15) is 14.9 Å². The lowest BCUT2D eigenvalue weighted by molar-refractivity contribution is -0.384. The molecule has 2 heterocycles. The molecule has 24 heavy (non-hydrogen) atoms. The smallest absolute Gasteiger partial charge is 0.410 e. The van der Waals surface area contributed by atoms with Crippen molar-refractivity contribution in [2.24, 2.45) is 11.8 Å². The van der Waals surface area contributed by atoms with Gasteiger partial charge in [0.15, 0.2) is 0 Å². The Morgan fingerprint density at radius 3 is 2.12 bits per heavy atom. The fourth-order valence-corrected chi connectivity index (χ4v) is 3.46. The number of non-ortho nitro benzene ring substituents is 1. The fourth-order valence-electron chi connectivity index (χ4n) is 3.46. The zero-order valence-electron chi connectivity index (χ0n) is 14.3. The Morgan fingerprint density at radius 1 is 1.12 bits per heavy atom. The summed E-state index contributed by atoms with van der Waals surface area (Å²) in [5.74, 6) is 0.848. The van der Waals surface area contributed by atoms with Crippen LogP contribution < -0.4 is 4.90 Å². The third-order valence-electron chi connectivity index (χ3n) is 4.56. The van der Waals surface area contributed by atoms with Crippen molar-refractivity contribution in [3.63, 3.8) is 0 Å². The third-order valence-corrected chi connectivity index (χ3v) is 4.56. The second-order valence-electron chi connectivity index (χ2n) is 7.58. The molecule has 7 nitrogen and oxygen atoms in total. The molecule has 1 aromatic rings. The fraction of sp³-hybridized carbons (Fsp3) is 0.588. The lowest BCUT2D eigenvalue weighted by Crippen LogP contribution is -2.37. The first-order valence-electron chi connectivity index (χ1n) is 8.20. The molecular weight excluding hydrogens is 310 g/mol. The molecule has 0 spiro atoms. The largest absolute Gasteiger partial charge is 0.444 e. The van der Waals surface area contributed by atoms with Crippen LogP contribution in [0.1, 0.15) is 20.8 Å². The minimum absolute atomic E-state index is 0.106. The molecule has 2 aliphatic heterocycles. The molecule has 0 bridgehead atoms. The summed E-state index contributed by atoms with van der Waals surface area (Å²) in [6.45, 7) is 8.77. The lowest BCUT2D eigenvalue weighted by Gasteiger charge is -2.26. The third kappa shape index (κ3) is 3.44. The summed E-state index contributed by atoms with van der Waals surface area (Å²) in [6, 6.07) is 6.67. The van der Waals surface area contributed by atoms with Gasteiger partial charge in [0.1, 0.15) is 5.60 Å². The van der Waals surface area contributed by atoms with Gasteiger partial charge in [-0.2, -0.15) is 0 Å². The van der Waals surface area contributed by atoms with Gasteiger partial charge in [0.25, 0.3) is 5.69 Å². The van der Waals surface area contributed by atoms with E-state index in [1.54, 1.807) is 17.0 Å². The predicted octanol–water partition coefficient (Wildman–Crippen LogP) is 2.90. The molecule has 130 valence electrons. The maximum Gasteiger partial charge on any atom is 0.410 e. The van der Waals surface area contributed by atoms with Gasteiger partial charge < -0.3 is 14.5 Å². The number of ether oxygens (including phenoxy) is 1. The van der Waals surface area contributed by atoms with Crippen LogP contribution in [0.3, 0.4) is 0 Å². The van der Waals surface area contributed by atoms with Crippen LogP contribution in [-0.2, 0) is 4.74 Å². The van der Waals surface area contributed by atoms with E-state index >= 15 is 0 Å². The number of nitro groups is 1. The van der Waals surface area contributed by atoms with E-state index in [1.165, 1.54) is 12.1 Å². The van der Waals surface area contributed by atoms with Gasteiger partial charge in [0, 0.05) is 55.8 Å². The van der Waals surface area contributed by atoms with Crippen LogP contribution in [-0.4, -0.2) is 47.7 Å². The summed E-state index contributed by atoms with van der Waals surface area (Å²) in [4.78, 5) is 26.6. The zero-order chi connectivity index (χ0) is 17.5. The Balaban J connectivity index is 1.59. The Labute approximate surface area is 141 Å².